The Kier molecular flexibility index (Phi) is 6.48. The van der Waals surface area contributed by atoms with Crippen molar-refractivity contribution < 1.29 is 13.2 Å². The summed E-state index contributed by atoms with van der Waals surface area (Å²) >= 11 is 6.01. The third-order valence-electron chi connectivity index (χ3n) is 5.29. The van der Waals surface area contributed by atoms with Gasteiger partial charge in [-0.15, -0.1) is 0 Å². The molecule has 5 nitrogen and oxygen atoms in total. The van der Waals surface area contributed by atoms with Crippen LogP contribution in [-0.4, -0.2) is 59.7 Å². The highest BCUT2D eigenvalue weighted by Crippen LogP contribution is 2.44. The van der Waals surface area contributed by atoms with Gasteiger partial charge in [-0.1, -0.05) is 18.5 Å². The predicted molar refractivity (Wildman–Crippen MR) is 116 cm³/mol. The van der Waals surface area contributed by atoms with Gasteiger partial charge >= 0.3 is 6.18 Å². The highest BCUT2D eigenvalue weighted by atomic mass is 35.5. The predicted octanol–water partition coefficient (Wildman–Crippen LogP) is 5.45. The van der Waals surface area contributed by atoms with Crippen molar-refractivity contribution in [3.63, 3.8) is 0 Å². The maximum atomic E-state index is 13.5. The molecule has 9 heteroatoms. The molecule has 0 N–H and O–H groups in total. The molecule has 0 radical (unpaired) electrons. The van der Waals surface area contributed by atoms with Crippen LogP contribution in [0.5, 0.6) is 0 Å². The normalized spacial score (nSPS) is 19.4. The molecule has 0 amide bonds. The van der Waals surface area contributed by atoms with Crippen LogP contribution in [0, 0.1) is 0 Å². The van der Waals surface area contributed by atoms with E-state index < -0.39 is 11.7 Å². The Morgan fingerprint density at radius 3 is 2.30 bits per heavy atom. The Morgan fingerprint density at radius 1 is 1.13 bits per heavy atom. The molecule has 0 atom stereocenters. The number of likely N-dealkylation sites (N-methyl/N-ethyl adjacent to an activating group) is 1. The van der Waals surface area contributed by atoms with E-state index in [1.807, 2.05) is 27.7 Å². The van der Waals surface area contributed by atoms with Crippen molar-refractivity contribution in [1.29, 1.82) is 0 Å². The summed E-state index contributed by atoms with van der Waals surface area (Å²) in [6.07, 6.45) is -3.88. The van der Waals surface area contributed by atoms with Crippen molar-refractivity contribution >= 4 is 34.7 Å². The van der Waals surface area contributed by atoms with E-state index in [-0.39, 0.29) is 5.02 Å². The van der Waals surface area contributed by atoms with Crippen molar-refractivity contribution in [3.05, 3.63) is 33.9 Å². The van der Waals surface area contributed by atoms with Crippen LogP contribution >= 0.6 is 11.6 Å². The van der Waals surface area contributed by atoms with E-state index in [0.717, 1.165) is 43.5 Å². The van der Waals surface area contributed by atoms with Gasteiger partial charge < -0.3 is 9.80 Å². The van der Waals surface area contributed by atoms with Gasteiger partial charge in [-0.05, 0) is 51.9 Å². The maximum absolute atomic E-state index is 13.5. The molecule has 30 heavy (non-hydrogen) atoms. The molecule has 1 saturated heterocycles. The number of hydrogen-bond donors (Lipinski definition) is 0. The minimum Gasteiger partial charge on any atom is -0.338 e. The quantitative estimate of drug-likeness (QED) is 0.572. The Bertz CT molecular complexity index is 908. The molecule has 0 aromatic heterocycles. The zero-order valence-corrected chi connectivity index (χ0v) is 18.7. The van der Waals surface area contributed by atoms with Crippen LogP contribution in [0.15, 0.2) is 27.8 Å². The summed E-state index contributed by atoms with van der Waals surface area (Å²) < 4.78 is 40.6. The molecule has 0 saturated carbocycles. The van der Waals surface area contributed by atoms with E-state index >= 15 is 0 Å². The molecule has 0 aliphatic carbocycles. The largest absolute Gasteiger partial charge is 0.417 e. The lowest BCUT2D eigenvalue weighted by molar-refractivity contribution is -0.137. The number of alkyl halides is 3. The van der Waals surface area contributed by atoms with E-state index in [0.29, 0.717) is 29.3 Å². The van der Waals surface area contributed by atoms with Crippen LogP contribution < -0.4 is 0 Å². The first-order valence-corrected chi connectivity index (χ1v) is 10.4. The highest BCUT2D eigenvalue weighted by molar-refractivity contribution is 6.32. The number of guanidine groups is 1. The van der Waals surface area contributed by atoms with Crippen LogP contribution in [0.3, 0.4) is 0 Å². The molecular weight excluding hydrogens is 415 g/mol. The molecule has 2 aliphatic rings. The lowest BCUT2D eigenvalue weighted by atomic mass is 9.99. The molecule has 3 rings (SSSR count). The Hall–Kier alpha value is -2.06. The third kappa shape index (κ3) is 4.49. The standard InChI is InChI=1S/C21H27ClF3N5/c1-6-14(4)19-15-11-16(21(23,24)25)17(22)12-18(15)26-20(30(19)27-13(2)3)29-9-7-28(5)8-10-29/h11-12H,6-10H2,1-5H3. The van der Waals surface area contributed by atoms with Gasteiger partial charge in [-0.2, -0.15) is 23.3 Å². The summed E-state index contributed by atoms with van der Waals surface area (Å²) in [5.41, 5.74) is 2.32. The molecule has 0 unspecified atom stereocenters. The van der Waals surface area contributed by atoms with E-state index in [9.17, 15) is 13.2 Å². The van der Waals surface area contributed by atoms with Gasteiger partial charge in [0.25, 0.3) is 0 Å². The van der Waals surface area contributed by atoms with Gasteiger partial charge in [0.15, 0.2) is 0 Å². The van der Waals surface area contributed by atoms with Gasteiger partial charge in [0.1, 0.15) is 0 Å². The first kappa shape index (κ1) is 22.6. The van der Waals surface area contributed by atoms with Crippen LogP contribution in [-0.2, 0) is 6.18 Å². The first-order valence-electron chi connectivity index (χ1n) is 9.98. The lowest BCUT2D eigenvalue weighted by Gasteiger charge is -2.40. The fourth-order valence-electron chi connectivity index (χ4n) is 3.52. The molecule has 1 aromatic carbocycles. The number of hydrazone groups is 1. The van der Waals surface area contributed by atoms with Crippen molar-refractivity contribution in [3.8, 4) is 0 Å². The Labute approximate surface area is 180 Å². The second-order valence-electron chi connectivity index (χ2n) is 7.89. The summed E-state index contributed by atoms with van der Waals surface area (Å²) in [6.45, 7) is 10.9. The second-order valence-corrected chi connectivity index (χ2v) is 8.30. The van der Waals surface area contributed by atoms with Crippen molar-refractivity contribution in [2.45, 2.75) is 40.3 Å². The number of allylic oxidation sites excluding steroid dienone is 1. The number of piperazine rings is 1. The number of hydrogen-bond acceptors (Lipinski definition) is 5. The SMILES string of the molecule is CCC(C)=C1c2cc(C(F)(F)F)c(Cl)cc2N=C(N2CCN(C)CC2)N1N=C(C)C. The minimum atomic E-state index is -4.55. The minimum absolute atomic E-state index is 0.347. The summed E-state index contributed by atoms with van der Waals surface area (Å²) in [7, 11) is 2.06. The smallest absolute Gasteiger partial charge is 0.338 e. The molecule has 2 heterocycles. The van der Waals surface area contributed by atoms with E-state index in [4.69, 9.17) is 16.6 Å². The number of benzene rings is 1. The summed E-state index contributed by atoms with van der Waals surface area (Å²) in [5.74, 6) is 0.621. The van der Waals surface area contributed by atoms with Crippen LogP contribution in [0.4, 0.5) is 18.9 Å². The average molecular weight is 442 g/mol. The summed E-state index contributed by atoms with van der Waals surface area (Å²) in [4.78, 5) is 9.09. The Morgan fingerprint density at radius 2 is 1.77 bits per heavy atom. The lowest BCUT2D eigenvalue weighted by Crippen LogP contribution is -2.51. The van der Waals surface area contributed by atoms with E-state index in [1.165, 1.54) is 6.07 Å². The van der Waals surface area contributed by atoms with Gasteiger partial charge in [-0.25, -0.2) is 4.99 Å². The molecule has 2 aliphatic heterocycles. The van der Waals surface area contributed by atoms with E-state index in [2.05, 4.69) is 21.9 Å². The number of halogens is 4. The number of fused-ring (bicyclic) bond motifs is 1. The van der Waals surface area contributed by atoms with Crippen molar-refractivity contribution in [2.75, 3.05) is 33.2 Å². The first-order chi connectivity index (χ1) is 14.0. The van der Waals surface area contributed by atoms with Crippen molar-refractivity contribution in [2.24, 2.45) is 10.1 Å². The van der Waals surface area contributed by atoms with Gasteiger partial charge in [-0.3, -0.25) is 0 Å². The van der Waals surface area contributed by atoms with E-state index in [1.54, 1.807) is 5.01 Å². The average Bonchev–Trinajstić information content (AvgIpc) is 2.66. The molecular formula is C21H27ClF3N5. The summed E-state index contributed by atoms with van der Waals surface area (Å²) in [6, 6.07) is 2.42. The zero-order chi connectivity index (χ0) is 22.2. The molecule has 1 fully saturated rings. The van der Waals surface area contributed by atoms with Crippen LogP contribution in [0.25, 0.3) is 5.70 Å². The Balaban J connectivity index is 2.26. The zero-order valence-electron chi connectivity index (χ0n) is 17.9. The monoisotopic (exact) mass is 441 g/mol. The van der Waals surface area contributed by atoms with Crippen LogP contribution in [0.2, 0.25) is 5.02 Å². The maximum Gasteiger partial charge on any atom is 0.417 e. The molecule has 1 aromatic rings. The highest BCUT2D eigenvalue weighted by Gasteiger charge is 2.37. The number of rotatable bonds is 2. The molecule has 0 spiro atoms. The fraction of sp³-hybridized carbons (Fsp3) is 0.524. The third-order valence-corrected chi connectivity index (χ3v) is 5.60. The summed E-state index contributed by atoms with van der Waals surface area (Å²) in [5, 5.41) is 6.02. The van der Waals surface area contributed by atoms with Gasteiger partial charge in [0.2, 0.25) is 5.96 Å². The molecule has 0 bridgehead atoms. The number of aliphatic imine (C=N–C) groups is 1. The number of nitrogens with zero attached hydrogens (tertiary/aromatic N) is 5. The topological polar surface area (TPSA) is 34.4 Å². The van der Waals surface area contributed by atoms with Gasteiger partial charge in [0, 0.05) is 37.5 Å². The fourth-order valence-corrected chi connectivity index (χ4v) is 3.78. The van der Waals surface area contributed by atoms with Crippen LogP contribution in [0.1, 0.15) is 45.2 Å². The van der Waals surface area contributed by atoms with Crippen molar-refractivity contribution in [1.82, 2.24) is 14.8 Å². The van der Waals surface area contributed by atoms with Gasteiger partial charge in [0.05, 0.1) is 22.0 Å². The molecule has 164 valence electrons. The second kappa shape index (κ2) is 8.59.